The predicted molar refractivity (Wildman–Crippen MR) is 219 cm³/mol. The highest BCUT2D eigenvalue weighted by Crippen LogP contribution is 2.76. The van der Waals surface area contributed by atoms with Gasteiger partial charge in [0.15, 0.2) is 0 Å². The Kier molecular flexibility index (Phi) is 9.68. The molecule has 3 aliphatic heterocycles. The molecule has 3 heterocycles. The minimum Gasteiger partial charge on any atom is -0.393 e. The minimum absolute atomic E-state index is 0.229. The molecule has 15 unspecified atom stereocenters. The van der Waals surface area contributed by atoms with E-state index in [0.29, 0.717) is 47.3 Å². The molecule has 2 aromatic rings. The monoisotopic (exact) mass is 755 g/mol. The van der Waals surface area contributed by atoms with Crippen LogP contribution in [0.15, 0.2) is 54.6 Å². The molecule has 15 atom stereocenters. The lowest BCUT2D eigenvalue weighted by Gasteiger charge is -2.65. The number of aryl methyl sites for hydroxylation is 1. The molecular weight excluding hydrogens is 691 g/mol. The van der Waals surface area contributed by atoms with E-state index in [1.807, 2.05) is 0 Å². The lowest BCUT2D eigenvalue weighted by Crippen LogP contribution is -2.70. The van der Waals surface area contributed by atoms with Gasteiger partial charge >= 0.3 is 0 Å². The van der Waals surface area contributed by atoms with Crippen molar-refractivity contribution in [3.8, 4) is 0 Å². The summed E-state index contributed by atoms with van der Waals surface area (Å²) in [7, 11) is 4.14. The van der Waals surface area contributed by atoms with Crippen LogP contribution in [0.4, 0.5) is 0 Å². The number of aliphatic hydroxyl groups is 3. The maximum Gasteiger partial charge on any atom is 0.0808 e. The highest BCUT2D eigenvalue weighted by molar-refractivity contribution is 8.76. The minimum atomic E-state index is -0.660. The zero-order valence-corrected chi connectivity index (χ0v) is 33.8. The first kappa shape index (κ1) is 36.3. The summed E-state index contributed by atoms with van der Waals surface area (Å²) in [4.78, 5) is 2.88. The summed E-state index contributed by atoms with van der Waals surface area (Å²) in [5, 5.41) is 35.6. The molecule has 0 amide bonds. The number of hydrogen-bond donors (Lipinski definition) is 3. The van der Waals surface area contributed by atoms with Crippen LogP contribution < -0.4 is 0 Å². The van der Waals surface area contributed by atoms with Crippen LogP contribution in [0.3, 0.4) is 0 Å². The SMILES string of the molecule is CC1(O)C2CCC3C(CC4C56CCCC34CC(O)C5CC(O)CC6)C2CN2CC3CCC(CCc4ccccc4)c4ccccc4CSSCC(C3)C21. The average molecular weight is 756 g/mol. The van der Waals surface area contributed by atoms with Crippen LogP contribution in [0.1, 0.15) is 119 Å². The molecule has 3 N–H and O–H groups in total. The van der Waals surface area contributed by atoms with Crippen molar-refractivity contribution in [1.82, 2.24) is 4.90 Å². The number of fused-ring (bicyclic) bond motifs is 8. The molecule has 8 aliphatic rings. The molecule has 5 saturated carbocycles. The van der Waals surface area contributed by atoms with Crippen LogP contribution in [-0.4, -0.2) is 62.9 Å². The summed E-state index contributed by atoms with van der Waals surface area (Å²) in [5.74, 6) is 7.32. The summed E-state index contributed by atoms with van der Waals surface area (Å²) in [6.07, 6.45) is 17.2. The molecule has 288 valence electrons. The third kappa shape index (κ3) is 5.98. The van der Waals surface area contributed by atoms with Crippen molar-refractivity contribution >= 4 is 21.6 Å². The van der Waals surface area contributed by atoms with Crippen LogP contribution in [0.5, 0.6) is 0 Å². The Morgan fingerprint density at radius 1 is 0.774 bits per heavy atom. The van der Waals surface area contributed by atoms with Gasteiger partial charge in [0.05, 0.1) is 17.8 Å². The van der Waals surface area contributed by atoms with Crippen molar-refractivity contribution in [2.24, 2.45) is 58.2 Å². The van der Waals surface area contributed by atoms with E-state index in [4.69, 9.17) is 0 Å². The van der Waals surface area contributed by atoms with Gasteiger partial charge in [0, 0.05) is 30.6 Å². The lowest BCUT2D eigenvalue weighted by atomic mass is 9.40. The van der Waals surface area contributed by atoms with Crippen LogP contribution in [0, 0.1) is 58.2 Å². The number of nitrogens with zero attached hydrogens (tertiary/aromatic N) is 1. The topological polar surface area (TPSA) is 63.9 Å². The molecule has 7 fully saturated rings. The molecule has 2 aromatic carbocycles. The van der Waals surface area contributed by atoms with Gasteiger partial charge in [0.1, 0.15) is 0 Å². The molecule has 0 radical (unpaired) electrons. The Hall–Kier alpha value is -1.02. The molecule has 2 saturated heterocycles. The summed E-state index contributed by atoms with van der Waals surface area (Å²) >= 11 is 0. The van der Waals surface area contributed by atoms with Crippen molar-refractivity contribution in [2.75, 3.05) is 18.8 Å². The largest absolute Gasteiger partial charge is 0.393 e. The zero-order chi connectivity index (χ0) is 36.0. The second kappa shape index (κ2) is 14.1. The van der Waals surface area contributed by atoms with Crippen molar-refractivity contribution in [2.45, 2.75) is 139 Å². The van der Waals surface area contributed by atoms with E-state index >= 15 is 0 Å². The third-order valence-corrected chi connectivity index (χ3v) is 20.4. The maximum atomic E-state index is 13.0. The van der Waals surface area contributed by atoms with Crippen LogP contribution >= 0.6 is 21.6 Å². The highest BCUT2D eigenvalue weighted by Gasteiger charge is 2.72. The number of piperidine rings is 2. The van der Waals surface area contributed by atoms with E-state index in [-0.39, 0.29) is 35.0 Å². The number of aliphatic hydroxyl groups excluding tert-OH is 2. The van der Waals surface area contributed by atoms with Gasteiger partial charge in [-0.25, -0.2) is 0 Å². The van der Waals surface area contributed by atoms with Gasteiger partial charge < -0.3 is 15.3 Å². The van der Waals surface area contributed by atoms with Crippen LogP contribution in [-0.2, 0) is 12.2 Å². The summed E-state index contributed by atoms with van der Waals surface area (Å²) in [6, 6.07) is 20.7. The van der Waals surface area contributed by atoms with E-state index in [1.165, 1.54) is 81.9 Å². The van der Waals surface area contributed by atoms with E-state index in [9.17, 15) is 15.3 Å². The number of hydrogen-bond acceptors (Lipinski definition) is 6. The summed E-state index contributed by atoms with van der Waals surface area (Å²) in [5.41, 5.74) is 4.44. The average Bonchev–Trinajstić information content (AvgIpc) is 3.50. The van der Waals surface area contributed by atoms with E-state index in [0.717, 1.165) is 50.2 Å². The third-order valence-electron chi connectivity index (χ3n) is 17.9. The highest BCUT2D eigenvalue weighted by atomic mass is 33.1. The molecule has 1 spiro atoms. The van der Waals surface area contributed by atoms with Gasteiger partial charge in [-0.05, 0) is 178 Å². The maximum absolute atomic E-state index is 13.0. The molecule has 5 aliphatic carbocycles. The van der Waals surface area contributed by atoms with E-state index in [2.05, 4.69) is 88.0 Å². The fraction of sp³-hybridized carbons (Fsp3) is 0.745. The second-order valence-electron chi connectivity index (χ2n) is 20.1. The quantitative estimate of drug-likeness (QED) is 0.272. The normalized spacial score (nSPS) is 48.0. The Morgan fingerprint density at radius 3 is 2.47 bits per heavy atom. The van der Waals surface area contributed by atoms with E-state index in [1.54, 1.807) is 5.56 Å². The Morgan fingerprint density at radius 2 is 1.58 bits per heavy atom. The summed E-state index contributed by atoms with van der Waals surface area (Å²) in [6.45, 7) is 4.61. The van der Waals surface area contributed by atoms with Crippen molar-refractivity contribution in [3.05, 3.63) is 71.3 Å². The van der Waals surface area contributed by atoms with Gasteiger partial charge in [-0.2, -0.15) is 0 Å². The van der Waals surface area contributed by atoms with E-state index < -0.39 is 5.60 Å². The standard InChI is InChI=1S/C47H65NO3S2/c1-45(51)39-16-17-40-37(24-43-46-19-7-20-47(40,43)25-42(50)41(46)23-35(49)18-21-46)38(39)27-48-26-31-13-15-32(14-12-30-8-3-2-4-9-30)36-11-6-5-10-33(36)28-52-53-29-34(22-31)44(45)48/h2-6,8-11,31-32,34-35,37-44,49-51H,7,12-29H2,1H3. The van der Waals surface area contributed by atoms with Gasteiger partial charge in [-0.15, -0.1) is 0 Å². The second-order valence-corrected chi connectivity index (χ2v) is 22.6. The van der Waals surface area contributed by atoms with Crippen molar-refractivity contribution in [3.63, 3.8) is 0 Å². The van der Waals surface area contributed by atoms with Crippen LogP contribution in [0.25, 0.3) is 0 Å². The Bertz CT molecular complexity index is 1620. The smallest absolute Gasteiger partial charge is 0.0808 e. The number of benzene rings is 2. The molecule has 0 aromatic heterocycles. The molecule has 53 heavy (non-hydrogen) atoms. The molecule has 4 bridgehead atoms. The Balaban J connectivity index is 0.924. The lowest BCUT2D eigenvalue weighted by molar-refractivity contribution is -0.208. The van der Waals surface area contributed by atoms with Crippen molar-refractivity contribution < 1.29 is 15.3 Å². The van der Waals surface area contributed by atoms with Gasteiger partial charge in [0.2, 0.25) is 0 Å². The predicted octanol–water partition coefficient (Wildman–Crippen LogP) is 9.51. The fourth-order valence-electron chi connectivity index (χ4n) is 16.2. The first-order valence-corrected chi connectivity index (χ1v) is 24.4. The van der Waals surface area contributed by atoms with Crippen LogP contribution in [0.2, 0.25) is 0 Å². The first-order chi connectivity index (χ1) is 25.8. The Labute approximate surface area is 327 Å². The van der Waals surface area contributed by atoms with Gasteiger partial charge in [-0.1, -0.05) is 82.6 Å². The van der Waals surface area contributed by atoms with Crippen molar-refractivity contribution in [1.29, 1.82) is 0 Å². The first-order valence-electron chi connectivity index (χ1n) is 22.0. The number of rotatable bonds is 3. The summed E-state index contributed by atoms with van der Waals surface area (Å²) < 4.78 is 0. The zero-order valence-electron chi connectivity index (χ0n) is 32.2. The molecular formula is C47H65NO3S2. The molecule has 6 heteroatoms. The molecule has 10 rings (SSSR count). The van der Waals surface area contributed by atoms with Gasteiger partial charge in [-0.3, -0.25) is 4.90 Å². The van der Waals surface area contributed by atoms with Gasteiger partial charge in [0.25, 0.3) is 0 Å². The fourth-order valence-corrected chi connectivity index (χ4v) is 18.7. The molecule has 4 nitrogen and oxygen atoms in total.